The smallest absolute Gasteiger partial charge is 0.165 e. The fourth-order valence-electron chi connectivity index (χ4n) is 1.13. The van der Waals surface area contributed by atoms with Gasteiger partial charge in [0.2, 0.25) is 0 Å². The molecule has 0 N–H and O–H groups in total. The van der Waals surface area contributed by atoms with Crippen LogP contribution in [0.2, 0.25) is 0 Å². The largest absolute Gasteiger partial charge is 0.430 e. The van der Waals surface area contributed by atoms with Crippen LogP contribution >= 0.6 is 15.9 Å². The molecule has 0 aromatic heterocycles. The van der Waals surface area contributed by atoms with E-state index in [4.69, 9.17) is 0 Å². The molecule has 0 nitrogen and oxygen atoms in total. The predicted octanol–water partition coefficient (Wildman–Crippen LogP) is 4.62. The van der Waals surface area contributed by atoms with Crippen LogP contribution in [0.3, 0.4) is 0 Å². The first-order valence-electron chi connectivity index (χ1n) is 4.72. The second-order valence-electron chi connectivity index (χ2n) is 3.18. The minimum Gasteiger partial charge on any atom is -0.165 e. The van der Waals surface area contributed by atoms with E-state index in [-0.39, 0.29) is 0 Å². The minimum atomic E-state index is -4.34. The first-order chi connectivity index (χ1) is 7.50. The van der Waals surface area contributed by atoms with Gasteiger partial charge in [0.05, 0.1) is 0 Å². The van der Waals surface area contributed by atoms with E-state index < -0.39 is 10.7 Å². The van der Waals surface area contributed by atoms with E-state index in [1.54, 1.807) is 0 Å². The van der Waals surface area contributed by atoms with Crippen molar-refractivity contribution in [1.82, 2.24) is 0 Å². The number of aryl methyl sites for hydroxylation is 1. The molecule has 0 bridgehead atoms. The summed E-state index contributed by atoms with van der Waals surface area (Å²) in [6.07, 6.45) is -1.70. The summed E-state index contributed by atoms with van der Waals surface area (Å²) in [7, 11) is 0. The summed E-state index contributed by atoms with van der Waals surface area (Å²) in [6, 6.07) is 9.59. The van der Waals surface area contributed by atoms with E-state index in [1.807, 2.05) is 30.3 Å². The number of benzene rings is 1. The average Bonchev–Trinajstić information content (AvgIpc) is 2.24. The Morgan fingerprint density at radius 3 is 2.44 bits per heavy atom. The SMILES string of the molecule is FC(F)(F)C(Br)=C=CCCc1ccccc1. The quantitative estimate of drug-likeness (QED) is 0.713. The molecule has 0 aliphatic carbocycles. The van der Waals surface area contributed by atoms with E-state index in [0.29, 0.717) is 12.8 Å². The van der Waals surface area contributed by atoms with Gasteiger partial charge in [0.1, 0.15) is 4.48 Å². The molecule has 0 unspecified atom stereocenters. The van der Waals surface area contributed by atoms with Crippen LogP contribution in [-0.4, -0.2) is 6.18 Å². The van der Waals surface area contributed by atoms with E-state index in [0.717, 1.165) is 5.56 Å². The van der Waals surface area contributed by atoms with Crippen LogP contribution in [0.5, 0.6) is 0 Å². The summed E-state index contributed by atoms with van der Waals surface area (Å²) in [6.45, 7) is 0. The zero-order valence-corrected chi connectivity index (χ0v) is 9.98. The Bertz CT molecular complexity index is 386. The summed E-state index contributed by atoms with van der Waals surface area (Å²) in [5, 5.41) is 0. The monoisotopic (exact) mass is 290 g/mol. The van der Waals surface area contributed by atoms with Crippen LogP contribution in [0.25, 0.3) is 0 Å². The lowest BCUT2D eigenvalue weighted by Crippen LogP contribution is -2.05. The Morgan fingerprint density at radius 1 is 1.25 bits per heavy atom. The highest BCUT2D eigenvalue weighted by atomic mass is 79.9. The maximum Gasteiger partial charge on any atom is 0.430 e. The van der Waals surface area contributed by atoms with Crippen molar-refractivity contribution in [2.24, 2.45) is 0 Å². The van der Waals surface area contributed by atoms with Crippen molar-refractivity contribution in [3.05, 3.63) is 52.2 Å². The lowest BCUT2D eigenvalue weighted by Gasteiger charge is -2.00. The summed E-state index contributed by atoms with van der Waals surface area (Å²) in [5.74, 6) is 0. The van der Waals surface area contributed by atoms with Crippen LogP contribution in [-0.2, 0) is 6.42 Å². The highest BCUT2D eigenvalue weighted by Crippen LogP contribution is 2.28. The number of hydrogen-bond acceptors (Lipinski definition) is 0. The number of halogens is 4. The van der Waals surface area contributed by atoms with Gasteiger partial charge in [-0.05, 0) is 40.4 Å². The fourth-order valence-corrected chi connectivity index (χ4v) is 1.29. The number of rotatable bonds is 3. The van der Waals surface area contributed by atoms with E-state index >= 15 is 0 Å². The Balaban J connectivity index is 2.50. The van der Waals surface area contributed by atoms with Gasteiger partial charge in [-0.1, -0.05) is 30.3 Å². The van der Waals surface area contributed by atoms with E-state index in [9.17, 15) is 13.2 Å². The molecule has 1 aromatic rings. The van der Waals surface area contributed by atoms with Gasteiger partial charge in [-0.2, -0.15) is 13.2 Å². The molecule has 4 heteroatoms. The normalized spacial score (nSPS) is 10.8. The van der Waals surface area contributed by atoms with Crippen LogP contribution in [0.1, 0.15) is 12.0 Å². The van der Waals surface area contributed by atoms with Gasteiger partial charge < -0.3 is 0 Å². The molecule has 0 amide bonds. The van der Waals surface area contributed by atoms with Gasteiger partial charge in [-0.25, -0.2) is 0 Å². The molecule has 0 aliphatic rings. The van der Waals surface area contributed by atoms with Crippen molar-refractivity contribution in [2.75, 3.05) is 0 Å². The molecule has 1 rings (SSSR count). The second-order valence-corrected chi connectivity index (χ2v) is 3.98. The molecule has 0 saturated heterocycles. The summed E-state index contributed by atoms with van der Waals surface area (Å²) in [4.78, 5) is 0. The number of hydrogen-bond donors (Lipinski definition) is 0. The van der Waals surface area contributed by atoms with Crippen LogP contribution in [0, 0.1) is 0 Å². The molecule has 16 heavy (non-hydrogen) atoms. The van der Waals surface area contributed by atoms with Gasteiger partial charge in [0.15, 0.2) is 0 Å². The van der Waals surface area contributed by atoms with Crippen molar-refractivity contribution in [2.45, 2.75) is 19.0 Å². The average molecular weight is 291 g/mol. The van der Waals surface area contributed by atoms with Crippen molar-refractivity contribution >= 4 is 15.9 Å². The predicted molar refractivity (Wildman–Crippen MR) is 61.3 cm³/mol. The fraction of sp³-hybridized carbons (Fsp3) is 0.250. The molecule has 1 aromatic carbocycles. The Labute approximate surface area is 101 Å². The highest BCUT2D eigenvalue weighted by Gasteiger charge is 2.31. The summed E-state index contributed by atoms with van der Waals surface area (Å²) in [5.41, 5.74) is 3.28. The van der Waals surface area contributed by atoms with Gasteiger partial charge in [-0.3, -0.25) is 0 Å². The topological polar surface area (TPSA) is 0 Å². The van der Waals surface area contributed by atoms with Crippen molar-refractivity contribution in [1.29, 1.82) is 0 Å². The second kappa shape index (κ2) is 5.92. The molecule has 0 spiro atoms. The van der Waals surface area contributed by atoms with Crippen LogP contribution in [0.4, 0.5) is 13.2 Å². The molecule has 0 saturated carbocycles. The minimum absolute atomic E-state index is 0.537. The third kappa shape index (κ3) is 4.69. The standard InChI is InChI=1S/C12H10BrF3/c13-11(12(14,15)16)9-5-4-8-10-6-2-1-3-7-10/h1-3,5-7H,4,8H2. The molecule has 0 aliphatic heterocycles. The van der Waals surface area contributed by atoms with Crippen molar-refractivity contribution in [3.8, 4) is 0 Å². The zero-order chi connectivity index (χ0) is 12.0. The van der Waals surface area contributed by atoms with Gasteiger partial charge >= 0.3 is 6.18 Å². The molecule has 0 radical (unpaired) electrons. The maximum absolute atomic E-state index is 12.0. The lowest BCUT2D eigenvalue weighted by atomic mass is 10.1. The summed E-state index contributed by atoms with van der Waals surface area (Å²) >= 11 is 2.43. The van der Waals surface area contributed by atoms with Crippen LogP contribution < -0.4 is 0 Å². The lowest BCUT2D eigenvalue weighted by molar-refractivity contribution is -0.0826. The van der Waals surface area contributed by atoms with Crippen molar-refractivity contribution < 1.29 is 13.2 Å². The molecule has 0 heterocycles. The zero-order valence-electron chi connectivity index (χ0n) is 8.39. The van der Waals surface area contributed by atoms with Crippen molar-refractivity contribution in [3.63, 3.8) is 0 Å². The van der Waals surface area contributed by atoms with E-state index in [1.165, 1.54) is 6.08 Å². The Morgan fingerprint density at radius 2 is 1.88 bits per heavy atom. The van der Waals surface area contributed by atoms with Gasteiger partial charge in [-0.15, -0.1) is 5.73 Å². The Hall–Kier alpha value is -0.990. The van der Waals surface area contributed by atoms with Crippen LogP contribution in [0.15, 0.2) is 46.6 Å². The third-order valence-electron chi connectivity index (χ3n) is 1.90. The van der Waals surface area contributed by atoms with E-state index in [2.05, 4.69) is 21.7 Å². The molecular formula is C12H10BrF3. The molecule has 0 fully saturated rings. The van der Waals surface area contributed by atoms with Gasteiger partial charge in [0, 0.05) is 0 Å². The summed E-state index contributed by atoms with van der Waals surface area (Å²) < 4.78 is 35.2. The number of alkyl halides is 3. The Kier molecular flexibility index (Phi) is 4.84. The number of allylic oxidation sites excluding steroid dienone is 1. The van der Waals surface area contributed by atoms with Gasteiger partial charge in [0.25, 0.3) is 0 Å². The third-order valence-corrected chi connectivity index (χ3v) is 2.58. The first kappa shape index (κ1) is 13.1. The molecule has 0 atom stereocenters. The molecule has 86 valence electrons. The maximum atomic E-state index is 12.0. The first-order valence-corrected chi connectivity index (χ1v) is 5.51. The highest BCUT2D eigenvalue weighted by molar-refractivity contribution is 9.11. The molecular weight excluding hydrogens is 281 g/mol.